The molecule has 0 radical (unpaired) electrons. The Labute approximate surface area is 189 Å². The molecule has 0 spiro atoms. The van der Waals surface area contributed by atoms with Crippen LogP contribution in [-0.2, 0) is 11.3 Å². The fraction of sp³-hybridized carbons (Fsp3) is 0.304. The van der Waals surface area contributed by atoms with Gasteiger partial charge in [-0.25, -0.2) is 9.97 Å². The summed E-state index contributed by atoms with van der Waals surface area (Å²) in [6.45, 7) is 7.37. The molecule has 4 aromatic rings. The molecule has 0 saturated carbocycles. The fourth-order valence-electron chi connectivity index (χ4n) is 3.74. The minimum absolute atomic E-state index is 0.0410. The van der Waals surface area contributed by atoms with Gasteiger partial charge in [-0.2, -0.15) is 4.98 Å². The quantitative estimate of drug-likeness (QED) is 0.465. The summed E-state index contributed by atoms with van der Waals surface area (Å²) in [5.74, 6) is 1.45. The van der Waals surface area contributed by atoms with E-state index in [1.807, 2.05) is 45.0 Å². The summed E-state index contributed by atoms with van der Waals surface area (Å²) in [7, 11) is 0. The molecule has 32 heavy (non-hydrogen) atoms. The Balaban J connectivity index is 1.55. The number of aromatic nitrogens is 3. The smallest absolute Gasteiger partial charge is 0.263 e. The number of thiophene rings is 1. The molecule has 0 fully saturated rings. The van der Waals surface area contributed by atoms with Crippen LogP contribution < -0.4 is 15.4 Å². The Morgan fingerprint density at radius 3 is 2.94 bits per heavy atom. The summed E-state index contributed by atoms with van der Waals surface area (Å²) in [5.41, 5.74) is 2.42. The number of amides is 1. The molecule has 5 rings (SSSR count). The van der Waals surface area contributed by atoms with Gasteiger partial charge in [0.05, 0.1) is 23.4 Å². The van der Waals surface area contributed by atoms with Crippen LogP contribution in [0, 0.1) is 6.92 Å². The number of ether oxygens (including phenoxy) is 2. The van der Waals surface area contributed by atoms with Gasteiger partial charge in [-0.3, -0.25) is 4.79 Å². The predicted octanol–water partition coefficient (Wildman–Crippen LogP) is 4.42. The van der Waals surface area contributed by atoms with Gasteiger partial charge in [-0.05, 0) is 39.0 Å². The van der Waals surface area contributed by atoms with Crippen molar-refractivity contribution in [3.05, 3.63) is 46.7 Å². The van der Waals surface area contributed by atoms with Gasteiger partial charge in [-0.15, -0.1) is 11.3 Å². The molecule has 4 heterocycles. The van der Waals surface area contributed by atoms with E-state index >= 15 is 0 Å². The van der Waals surface area contributed by atoms with Crippen molar-refractivity contribution in [1.29, 1.82) is 0 Å². The molecule has 2 N–H and O–H groups in total. The lowest BCUT2D eigenvalue weighted by Crippen LogP contribution is -2.34. The lowest BCUT2D eigenvalue weighted by atomic mass is 10.1. The largest absolute Gasteiger partial charge is 0.420 e. The highest BCUT2D eigenvalue weighted by atomic mass is 32.1. The zero-order valence-electron chi connectivity index (χ0n) is 18.1. The standard InChI is InChI=1S/C23H23N5O3S/c1-4-30-11-14-10-24-13(3)27-23(14)31-18-8-5-15-16(28-18)6-7-17-19(15)20-21(32-17)22(29)26-12(2)9-25-20/h5-8,10,12,25H,4,9,11H2,1-3H3,(H,26,29)/t12-/m1/s1. The Morgan fingerprint density at radius 1 is 1.22 bits per heavy atom. The molecule has 1 amide bonds. The zero-order valence-corrected chi connectivity index (χ0v) is 18.9. The van der Waals surface area contributed by atoms with E-state index in [-0.39, 0.29) is 11.9 Å². The predicted molar refractivity (Wildman–Crippen MR) is 125 cm³/mol. The third kappa shape index (κ3) is 3.74. The highest BCUT2D eigenvalue weighted by Gasteiger charge is 2.24. The number of aryl methyl sites for hydroxylation is 1. The highest BCUT2D eigenvalue weighted by molar-refractivity contribution is 7.21. The van der Waals surface area contributed by atoms with E-state index in [1.165, 1.54) is 11.3 Å². The highest BCUT2D eigenvalue weighted by Crippen LogP contribution is 2.41. The Kier molecular flexibility index (Phi) is 5.36. The minimum Gasteiger partial charge on any atom is -0.420 e. The number of fused-ring (bicyclic) bond motifs is 5. The lowest BCUT2D eigenvalue weighted by molar-refractivity contribution is 0.0949. The van der Waals surface area contributed by atoms with Crippen molar-refractivity contribution in [2.75, 3.05) is 18.5 Å². The maximum Gasteiger partial charge on any atom is 0.263 e. The Bertz CT molecular complexity index is 1340. The second kappa shape index (κ2) is 8.33. The van der Waals surface area contributed by atoms with Crippen molar-refractivity contribution >= 4 is 43.9 Å². The maximum atomic E-state index is 12.6. The molecule has 0 saturated heterocycles. The third-order valence-corrected chi connectivity index (χ3v) is 6.43. The molecule has 1 aromatic carbocycles. The van der Waals surface area contributed by atoms with Crippen LogP contribution in [0.1, 0.15) is 34.9 Å². The zero-order chi connectivity index (χ0) is 22.2. The van der Waals surface area contributed by atoms with Gasteiger partial charge < -0.3 is 20.1 Å². The van der Waals surface area contributed by atoms with Crippen LogP contribution in [0.4, 0.5) is 5.69 Å². The van der Waals surface area contributed by atoms with Gasteiger partial charge >= 0.3 is 0 Å². The van der Waals surface area contributed by atoms with Gasteiger partial charge in [0.2, 0.25) is 11.8 Å². The monoisotopic (exact) mass is 449 g/mol. The van der Waals surface area contributed by atoms with Crippen LogP contribution in [0.2, 0.25) is 0 Å². The molecule has 0 unspecified atom stereocenters. The van der Waals surface area contributed by atoms with Crippen molar-refractivity contribution in [3.63, 3.8) is 0 Å². The number of nitrogens with one attached hydrogen (secondary N) is 2. The van der Waals surface area contributed by atoms with E-state index in [2.05, 4.69) is 20.6 Å². The first-order valence-corrected chi connectivity index (χ1v) is 11.3. The van der Waals surface area contributed by atoms with Crippen molar-refractivity contribution in [1.82, 2.24) is 20.3 Å². The number of rotatable bonds is 5. The van der Waals surface area contributed by atoms with Crippen LogP contribution in [0.3, 0.4) is 0 Å². The molecule has 1 atom stereocenters. The van der Waals surface area contributed by atoms with Crippen LogP contribution in [-0.4, -0.2) is 40.1 Å². The summed E-state index contributed by atoms with van der Waals surface area (Å²) in [4.78, 5) is 26.7. The van der Waals surface area contributed by atoms with Gasteiger partial charge in [-0.1, -0.05) is 0 Å². The van der Waals surface area contributed by atoms with Gasteiger partial charge in [0, 0.05) is 46.9 Å². The van der Waals surface area contributed by atoms with Crippen molar-refractivity contribution in [2.45, 2.75) is 33.4 Å². The molecular formula is C23H23N5O3S. The molecule has 3 aromatic heterocycles. The van der Waals surface area contributed by atoms with E-state index in [9.17, 15) is 4.79 Å². The molecule has 0 bridgehead atoms. The van der Waals surface area contributed by atoms with E-state index in [0.29, 0.717) is 42.2 Å². The summed E-state index contributed by atoms with van der Waals surface area (Å²) < 4.78 is 12.6. The van der Waals surface area contributed by atoms with Gasteiger partial charge in [0.25, 0.3) is 5.91 Å². The SMILES string of the molecule is CCOCc1cnc(C)nc1Oc1ccc2c(ccc3sc4c(c32)NC[C@@H](C)NC4=O)n1. The number of carbonyl (C=O) groups excluding carboxylic acids is 1. The van der Waals surface area contributed by atoms with Crippen LogP contribution in [0.15, 0.2) is 30.5 Å². The average Bonchev–Trinajstić information content (AvgIpc) is 3.09. The molecular weight excluding hydrogens is 426 g/mol. The number of pyridine rings is 1. The normalized spacial score (nSPS) is 15.8. The summed E-state index contributed by atoms with van der Waals surface area (Å²) in [6, 6.07) is 7.83. The second-order valence-electron chi connectivity index (χ2n) is 7.70. The fourth-order valence-corrected chi connectivity index (χ4v) is 4.83. The van der Waals surface area contributed by atoms with Crippen LogP contribution in [0.25, 0.3) is 21.0 Å². The maximum absolute atomic E-state index is 12.6. The van der Waals surface area contributed by atoms with Crippen LogP contribution in [0.5, 0.6) is 11.8 Å². The van der Waals surface area contributed by atoms with Crippen LogP contribution >= 0.6 is 11.3 Å². The van der Waals surface area contributed by atoms with Gasteiger partial charge in [0.15, 0.2) is 0 Å². The number of benzene rings is 1. The van der Waals surface area contributed by atoms with Crippen molar-refractivity contribution in [3.8, 4) is 11.8 Å². The summed E-state index contributed by atoms with van der Waals surface area (Å²) in [5, 5.41) is 8.45. The van der Waals surface area contributed by atoms with E-state index in [4.69, 9.17) is 14.5 Å². The number of hydrogen-bond acceptors (Lipinski definition) is 8. The number of carbonyl (C=O) groups is 1. The van der Waals surface area contributed by atoms with Gasteiger partial charge in [0.1, 0.15) is 10.7 Å². The summed E-state index contributed by atoms with van der Waals surface area (Å²) >= 11 is 1.49. The van der Waals surface area contributed by atoms with E-state index < -0.39 is 0 Å². The van der Waals surface area contributed by atoms with Crippen molar-refractivity contribution in [2.24, 2.45) is 0 Å². The second-order valence-corrected chi connectivity index (χ2v) is 8.76. The lowest BCUT2D eigenvalue weighted by Gasteiger charge is -2.11. The topological polar surface area (TPSA) is 98.3 Å². The Hall–Kier alpha value is -3.30. The Morgan fingerprint density at radius 2 is 2.09 bits per heavy atom. The number of hydrogen-bond donors (Lipinski definition) is 2. The molecule has 1 aliphatic rings. The van der Waals surface area contributed by atoms with E-state index in [1.54, 1.807) is 6.20 Å². The molecule has 1 aliphatic heterocycles. The number of anilines is 1. The van der Waals surface area contributed by atoms with Crippen molar-refractivity contribution < 1.29 is 14.3 Å². The van der Waals surface area contributed by atoms with E-state index in [0.717, 1.165) is 32.2 Å². The molecule has 164 valence electrons. The summed E-state index contributed by atoms with van der Waals surface area (Å²) in [6.07, 6.45) is 1.72. The first-order valence-electron chi connectivity index (χ1n) is 10.5. The minimum atomic E-state index is -0.0410. The molecule has 9 heteroatoms. The third-order valence-electron chi connectivity index (χ3n) is 5.27. The molecule has 0 aliphatic carbocycles. The molecule has 8 nitrogen and oxygen atoms in total. The number of nitrogens with zero attached hydrogens (tertiary/aromatic N) is 3. The average molecular weight is 450 g/mol. The first-order chi connectivity index (χ1) is 15.5. The first kappa shape index (κ1) is 20.6.